The maximum atomic E-state index is 10.9. The van der Waals surface area contributed by atoms with Gasteiger partial charge < -0.3 is 10.6 Å². The van der Waals surface area contributed by atoms with E-state index in [2.05, 4.69) is 24.0 Å². The topological polar surface area (TPSA) is 72.4 Å². The lowest BCUT2D eigenvalue weighted by Gasteiger charge is -2.35. The molecule has 5 nitrogen and oxygen atoms in total. The van der Waals surface area contributed by atoms with E-state index >= 15 is 0 Å². The molecule has 0 radical (unpaired) electrons. The zero-order valence-corrected chi connectivity index (χ0v) is 11.8. The number of nitrogens with zero attached hydrogens (tertiary/aromatic N) is 2. The molecule has 2 N–H and O–H groups in total. The maximum absolute atomic E-state index is 10.9. The number of nitro groups is 1. The molecule has 0 aliphatic carbocycles. The van der Waals surface area contributed by atoms with E-state index in [0.29, 0.717) is 5.92 Å². The summed E-state index contributed by atoms with van der Waals surface area (Å²) in [7, 11) is 0. The number of rotatable bonds is 2. The van der Waals surface area contributed by atoms with Crippen LogP contribution in [0, 0.1) is 16.0 Å². The van der Waals surface area contributed by atoms with Crippen molar-refractivity contribution in [3.05, 3.63) is 58.1 Å². The quantitative estimate of drug-likeness (QED) is 0.520. The maximum Gasteiger partial charge on any atom is 0.292 e. The molecule has 1 aliphatic heterocycles. The zero-order valence-electron chi connectivity index (χ0n) is 11.8. The van der Waals surface area contributed by atoms with Crippen LogP contribution in [0.3, 0.4) is 0 Å². The van der Waals surface area contributed by atoms with E-state index in [1.54, 1.807) is 12.1 Å². The number of nitrogens with two attached hydrogens (primary N) is 1. The zero-order chi connectivity index (χ0) is 15.0. The Kier molecular flexibility index (Phi) is 3.25. The average molecular weight is 283 g/mol. The summed E-state index contributed by atoms with van der Waals surface area (Å²) in [6.07, 6.45) is 1.05. The predicted molar refractivity (Wildman–Crippen MR) is 83.8 cm³/mol. The SMILES string of the molecule is CC1Cc2ccccc2N(c2ccc([N+](=O)[O-])c(N)c2)C1. The molecule has 0 fully saturated rings. The van der Waals surface area contributed by atoms with Crippen LogP contribution in [0.2, 0.25) is 0 Å². The second-order valence-corrected chi connectivity index (χ2v) is 5.55. The van der Waals surface area contributed by atoms with Crippen molar-refractivity contribution >= 4 is 22.7 Å². The molecule has 1 atom stereocenters. The van der Waals surface area contributed by atoms with Crippen molar-refractivity contribution < 1.29 is 4.92 Å². The minimum absolute atomic E-state index is 0.0444. The van der Waals surface area contributed by atoms with E-state index in [1.807, 2.05) is 12.1 Å². The van der Waals surface area contributed by atoms with Crippen LogP contribution in [0.1, 0.15) is 12.5 Å². The molecule has 0 amide bonds. The Bertz CT molecular complexity index is 700. The van der Waals surface area contributed by atoms with Crippen LogP contribution in [-0.2, 0) is 6.42 Å². The molecule has 3 rings (SSSR count). The molecule has 0 spiro atoms. The van der Waals surface area contributed by atoms with E-state index in [-0.39, 0.29) is 11.4 Å². The molecule has 2 aromatic carbocycles. The molecule has 0 saturated carbocycles. The highest BCUT2D eigenvalue weighted by Gasteiger charge is 2.23. The summed E-state index contributed by atoms with van der Waals surface area (Å²) < 4.78 is 0. The van der Waals surface area contributed by atoms with Gasteiger partial charge in [0.15, 0.2) is 0 Å². The highest BCUT2D eigenvalue weighted by Crippen LogP contribution is 2.37. The molecule has 108 valence electrons. The summed E-state index contributed by atoms with van der Waals surface area (Å²) in [5.74, 6) is 0.524. The number of hydrogen-bond acceptors (Lipinski definition) is 4. The average Bonchev–Trinajstić information content (AvgIpc) is 2.45. The van der Waals surface area contributed by atoms with Crippen LogP contribution in [0.5, 0.6) is 0 Å². The van der Waals surface area contributed by atoms with Gasteiger partial charge in [-0.15, -0.1) is 0 Å². The Hall–Kier alpha value is -2.56. The van der Waals surface area contributed by atoms with Crippen molar-refractivity contribution in [2.24, 2.45) is 5.92 Å². The summed E-state index contributed by atoms with van der Waals surface area (Å²) in [6.45, 7) is 3.09. The van der Waals surface area contributed by atoms with E-state index in [1.165, 1.54) is 11.6 Å². The number of fused-ring (bicyclic) bond motifs is 1. The molecular formula is C16H17N3O2. The van der Waals surface area contributed by atoms with Crippen LogP contribution in [0.25, 0.3) is 0 Å². The standard InChI is InChI=1S/C16H17N3O2/c1-11-8-12-4-2-3-5-15(12)18(10-11)13-6-7-16(19(20)21)14(17)9-13/h2-7,9,11H,8,10,17H2,1H3. The van der Waals surface area contributed by atoms with Gasteiger partial charge in [0.1, 0.15) is 5.69 Å². The van der Waals surface area contributed by atoms with Crippen LogP contribution in [-0.4, -0.2) is 11.5 Å². The molecule has 2 aromatic rings. The minimum Gasteiger partial charge on any atom is -0.393 e. The number of para-hydroxylation sites is 1. The largest absolute Gasteiger partial charge is 0.393 e. The highest BCUT2D eigenvalue weighted by atomic mass is 16.6. The van der Waals surface area contributed by atoms with Crippen LogP contribution in [0.15, 0.2) is 42.5 Å². The van der Waals surface area contributed by atoms with Crippen LogP contribution >= 0.6 is 0 Å². The highest BCUT2D eigenvalue weighted by molar-refractivity contribution is 5.73. The predicted octanol–water partition coefficient (Wildman–Crippen LogP) is 3.51. The third-order valence-corrected chi connectivity index (χ3v) is 3.86. The molecule has 1 unspecified atom stereocenters. The summed E-state index contributed by atoms with van der Waals surface area (Å²) >= 11 is 0. The van der Waals surface area contributed by atoms with Gasteiger partial charge in [0.25, 0.3) is 5.69 Å². The molecule has 1 heterocycles. The van der Waals surface area contributed by atoms with Gasteiger partial charge in [-0.1, -0.05) is 25.1 Å². The van der Waals surface area contributed by atoms with Gasteiger partial charge in [-0.2, -0.15) is 0 Å². The number of benzene rings is 2. The third-order valence-electron chi connectivity index (χ3n) is 3.86. The van der Waals surface area contributed by atoms with Gasteiger partial charge in [0.05, 0.1) is 4.92 Å². The van der Waals surface area contributed by atoms with Crippen molar-refractivity contribution in [1.29, 1.82) is 0 Å². The Morgan fingerprint density at radius 3 is 2.76 bits per heavy atom. The molecule has 5 heteroatoms. The first-order valence-corrected chi connectivity index (χ1v) is 6.95. The number of nitrogen functional groups attached to an aromatic ring is 1. The second kappa shape index (κ2) is 5.09. The molecule has 0 bridgehead atoms. The van der Waals surface area contributed by atoms with Crippen molar-refractivity contribution in [1.82, 2.24) is 0 Å². The second-order valence-electron chi connectivity index (χ2n) is 5.55. The van der Waals surface area contributed by atoms with Gasteiger partial charge in [-0.25, -0.2) is 0 Å². The first kappa shape index (κ1) is 13.4. The molecule has 21 heavy (non-hydrogen) atoms. The summed E-state index contributed by atoms with van der Waals surface area (Å²) in [4.78, 5) is 12.6. The monoisotopic (exact) mass is 283 g/mol. The third kappa shape index (κ3) is 2.42. The first-order valence-electron chi connectivity index (χ1n) is 6.95. The van der Waals surface area contributed by atoms with E-state index in [4.69, 9.17) is 5.73 Å². The summed E-state index contributed by atoms with van der Waals surface area (Å²) in [6, 6.07) is 13.2. The Morgan fingerprint density at radius 1 is 1.29 bits per heavy atom. The van der Waals surface area contributed by atoms with E-state index in [0.717, 1.165) is 24.3 Å². The number of anilines is 3. The van der Waals surface area contributed by atoms with Crippen molar-refractivity contribution in [3.8, 4) is 0 Å². The van der Waals surface area contributed by atoms with Gasteiger partial charge in [0, 0.05) is 24.0 Å². The molecule has 1 aliphatic rings. The summed E-state index contributed by atoms with van der Waals surface area (Å²) in [5.41, 5.74) is 9.33. The molecule has 0 aromatic heterocycles. The summed E-state index contributed by atoms with van der Waals surface area (Å²) in [5, 5.41) is 10.9. The normalized spacial score (nSPS) is 17.4. The Labute approximate surface area is 123 Å². The van der Waals surface area contributed by atoms with E-state index in [9.17, 15) is 10.1 Å². The van der Waals surface area contributed by atoms with Gasteiger partial charge >= 0.3 is 0 Å². The van der Waals surface area contributed by atoms with Crippen LogP contribution in [0.4, 0.5) is 22.7 Å². The van der Waals surface area contributed by atoms with Gasteiger partial charge in [0.2, 0.25) is 0 Å². The van der Waals surface area contributed by atoms with Gasteiger partial charge in [-0.3, -0.25) is 10.1 Å². The Balaban J connectivity index is 2.05. The minimum atomic E-state index is -0.452. The number of hydrogen-bond donors (Lipinski definition) is 1. The molecular weight excluding hydrogens is 266 g/mol. The number of nitro benzene ring substituents is 1. The van der Waals surface area contributed by atoms with Crippen LogP contribution < -0.4 is 10.6 Å². The van der Waals surface area contributed by atoms with Crippen molar-refractivity contribution in [3.63, 3.8) is 0 Å². The first-order chi connectivity index (χ1) is 10.1. The fraction of sp³-hybridized carbons (Fsp3) is 0.250. The van der Waals surface area contributed by atoms with Crippen molar-refractivity contribution in [2.45, 2.75) is 13.3 Å². The van der Waals surface area contributed by atoms with E-state index < -0.39 is 4.92 Å². The lowest BCUT2D eigenvalue weighted by molar-refractivity contribution is -0.383. The Morgan fingerprint density at radius 2 is 2.05 bits per heavy atom. The lowest BCUT2D eigenvalue weighted by atomic mass is 9.93. The fourth-order valence-electron chi connectivity index (χ4n) is 2.92. The van der Waals surface area contributed by atoms with Crippen molar-refractivity contribution in [2.75, 3.05) is 17.2 Å². The smallest absolute Gasteiger partial charge is 0.292 e. The lowest BCUT2D eigenvalue weighted by Crippen LogP contribution is -2.30. The molecule has 0 saturated heterocycles. The van der Waals surface area contributed by atoms with Gasteiger partial charge in [-0.05, 0) is 36.1 Å². The fourth-order valence-corrected chi connectivity index (χ4v) is 2.92.